The fourth-order valence-electron chi connectivity index (χ4n) is 4.45. The van der Waals surface area contributed by atoms with Crippen molar-refractivity contribution in [3.63, 3.8) is 0 Å². The topological polar surface area (TPSA) is 4.93 Å². The molecule has 0 amide bonds. The normalized spacial score (nSPS) is 13.0. The first kappa shape index (κ1) is 16.4. The van der Waals surface area contributed by atoms with Gasteiger partial charge in [-0.3, -0.25) is 0 Å². The highest BCUT2D eigenvalue weighted by Gasteiger charge is 2.23. The molecule has 1 aliphatic carbocycles. The highest BCUT2D eigenvalue weighted by atomic mass is 15.0. The molecule has 0 spiro atoms. The lowest BCUT2D eigenvalue weighted by atomic mass is 9.89. The fraction of sp³-hybridized carbons (Fsp3) is 0.417. The van der Waals surface area contributed by atoms with Crippen molar-refractivity contribution < 1.29 is 0 Å². The summed E-state index contributed by atoms with van der Waals surface area (Å²) in [5, 5.41) is 1.47. The number of aromatic nitrogens is 1. The molecule has 3 aromatic rings. The van der Waals surface area contributed by atoms with Gasteiger partial charge in [-0.05, 0) is 36.5 Å². The van der Waals surface area contributed by atoms with Crippen molar-refractivity contribution in [2.75, 3.05) is 0 Å². The van der Waals surface area contributed by atoms with Gasteiger partial charge in [0.15, 0.2) is 0 Å². The standard InChI is InChI=1S/C24H29N/c1-2-3-4-5-6-11-18-25-23-15-10-9-14-21(23)22-17-16-19-12-7-8-13-20(19)24(22)25/h7-10,12-15H,2-6,11,16-18H2,1H3. The molecule has 0 atom stereocenters. The maximum absolute atomic E-state index is 2.61. The van der Waals surface area contributed by atoms with Gasteiger partial charge in [0.1, 0.15) is 0 Å². The Balaban J connectivity index is 1.67. The Kier molecular flexibility index (Phi) is 4.92. The van der Waals surface area contributed by atoms with Gasteiger partial charge in [0.05, 0.1) is 5.69 Å². The highest BCUT2D eigenvalue weighted by molar-refractivity contribution is 5.93. The minimum Gasteiger partial charge on any atom is -0.340 e. The van der Waals surface area contributed by atoms with Crippen LogP contribution < -0.4 is 0 Å². The van der Waals surface area contributed by atoms with Crippen LogP contribution in [0, 0.1) is 0 Å². The van der Waals surface area contributed by atoms with Crippen LogP contribution in [0.5, 0.6) is 0 Å². The lowest BCUT2D eigenvalue weighted by molar-refractivity contribution is 0.566. The predicted molar refractivity (Wildman–Crippen MR) is 108 cm³/mol. The van der Waals surface area contributed by atoms with E-state index in [1.165, 1.54) is 79.1 Å². The van der Waals surface area contributed by atoms with Crippen LogP contribution in [0.3, 0.4) is 0 Å². The molecule has 1 heterocycles. The van der Waals surface area contributed by atoms with Crippen molar-refractivity contribution in [2.24, 2.45) is 0 Å². The molecule has 1 heteroatoms. The molecule has 0 aliphatic heterocycles. The summed E-state index contributed by atoms with van der Waals surface area (Å²) in [6.45, 7) is 3.44. The molecule has 0 saturated carbocycles. The minimum absolute atomic E-state index is 1.15. The van der Waals surface area contributed by atoms with Crippen LogP contribution in [0.15, 0.2) is 48.5 Å². The Morgan fingerprint density at radius 2 is 1.56 bits per heavy atom. The average Bonchev–Trinajstić information content (AvgIpc) is 2.99. The Bertz CT molecular complexity index is 856. The molecule has 0 N–H and O–H groups in total. The van der Waals surface area contributed by atoms with Gasteiger partial charge in [0.2, 0.25) is 0 Å². The van der Waals surface area contributed by atoms with Crippen molar-refractivity contribution in [2.45, 2.75) is 64.8 Å². The van der Waals surface area contributed by atoms with E-state index in [9.17, 15) is 0 Å². The van der Waals surface area contributed by atoms with Crippen LogP contribution in [0.1, 0.15) is 56.6 Å². The van der Waals surface area contributed by atoms with E-state index in [-0.39, 0.29) is 0 Å². The number of aryl methyl sites for hydroxylation is 3. The maximum atomic E-state index is 2.61. The van der Waals surface area contributed by atoms with Crippen LogP contribution in [0.2, 0.25) is 0 Å². The third-order valence-electron chi connectivity index (χ3n) is 5.73. The van der Waals surface area contributed by atoms with Crippen molar-refractivity contribution in [3.05, 3.63) is 59.7 Å². The van der Waals surface area contributed by atoms with E-state index < -0.39 is 0 Å². The largest absolute Gasteiger partial charge is 0.340 e. The molecule has 4 rings (SSSR count). The second-order valence-corrected chi connectivity index (χ2v) is 7.42. The zero-order chi connectivity index (χ0) is 17.1. The molecule has 0 saturated heterocycles. The molecule has 2 aromatic carbocycles. The number of benzene rings is 2. The summed E-state index contributed by atoms with van der Waals surface area (Å²) in [5.74, 6) is 0. The smallest absolute Gasteiger partial charge is 0.0526 e. The number of para-hydroxylation sites is 1. The SMILES string of the molecule is CCCCCCCCn1c2c(c3ccccc31)CCc1ccccc1-2. The number of rotatable bonds is 7. The van der Waals surface area contributed by atoms with Crippen LogP contribution in [-0.4, -0.2) is 4.57 Å². The Morgan fingerprint density at radius 3 is 2.48 bits per heavy atom. The van der Waals surface area contributed by atoms with Gasteiger partial charge < -0.3 is 4.57 Å². The molecule has 0 unspecified atom stereocenters. The summed E-state index contributed by atoms with van der Waals surface area (Å²) >= 11 is 0. The van der Waals surface area contributed by atoms with E-state index in [4.69, 9.17) is 0 Å². The van der Waals surface area contributed by atoms with Crippen LogP contribution in [-0.2, 0) is 19.4 Å². The number of hydrogen-bond donors (Lipinski definition) is 0. The van der Waals surface area contributed by atoms with Gasteiger partial charge in [-0.15, -0.1) is 0 Å². The first-order valence-electron chi connectivity index (χ1n) is 10.1. The summed E-state index contributed by atoms with van der Waals surface area (Å²) in [6, 6.07) is 18.0. The molecule has 0 fully saturated rings. The van der Waals surface area contributed by atoms with Crippen LogP contribution in [0.4, 0.5) is 0 Å². The highest BCUT2D eigenvalue weighted by Crippen LogP contribution is 2.40. The number of unbranched alkanes of at least 4 members (excludes halogenated alkanes) is 5. The van der Waals surface area contributed by atoms with E-state index in [1.54, 1.807) is 5.56 Å². The molecule has 0 bridgehead atoms. The van der Waals surface area contributed by atoms with Gasteiger partial charge in [-0.2, -0.15) is 0 Å². The van der Waals surface area contributed by atoms with Crippen LogP contribution >= 0.6 is 0 Å². The van der Waals surface area contributed by atoms with Crippen LogP contribution in [0.25, 0.3) is 22.2 Å². The van der Waals surface area contributed by atoms with Gasteiger partial charge in [-0.1, -0.05) is 81.5 Å². The Labute approximate surface area is 151 Å². The molecule has 130 valence electrons. The van der Waals surface area contributed by atoms with E-state index in [0.29, 0.717) is 0 Å². The van der Waals surface area contributed by atoms with E-state index in [2.05, 4.69) is 60.0 Å². The van der Waals surface area contributed by atoms with Crippen molar-refractivity contribution in [1.82, 2.24) is 4.57 Å². The minimum atomic E-state index is 1.15. The molecule has 1 aliphatic rings. The molecule has 1 nitrogen and oxygen atoms in total. The maximum Gasteiger partial charge on any atom is 0.0526 e. The first-order valence-corrected chi connectivity index (χ1v) is 10.1. The summed E-state index contributed by atoms with van der Waals surface area (Å²) in [7, 11) is 0. The third-order valence-corrected chi connectivity index (χ3v) is 5.73. The molecule has 1 aromatic heterocycles. The van der Waals surface area contributed by atoms with Crippen molar-refractivity contribution in [1.29, 1.82) is 0 Å². The zero-order valence-corrected chi connectivity index (χ0v) is 15.4. The summed E-state index contributed by atoms with van der Waals surface area (Å²) < 4.78 is 2.61. The van der Waals surface area contributed by atoms with E-state index in [0.717, 1.165) is 6.54 Å². The van der Waals surface area contributed by atoms with E-state index in [1.807, 2.05) is 0 Å². The lowest BCUT2D eigenvalue weighted by Crippen LogP contribution is -2.07. The zero-order valence-electron chi connectivity index (χ0n) is 15.4. The second-order valence-electron chi connectivity index (χ2n) is 7.42. The molecular formula is C24H29N. The first-order chi connectivity index (χ1) is 12.4. The monoisotopic (exact) mass is 331 g/mol. The third kappa shape index (κ3) is 3.13. The quantitative estimate of drug-likeness (QED) is 0.421. The molecule has 25 heavy (non-hydrogen) atoms. The fourth-order valence-corrected chi connectivity index (χ4v) is 4.45. The average molecular weight is 332 g/mol. The van der Waals surface area contributed by atoms with Crippen molar-refractivity contribution >= 4 is 10.9 Å². The van der Waals surface area contributed by atoms with E-state index >= 15 is 0 Å². The number of hydrogen-bond acceptors (Lipinski definition) is 0. The van der Waals surface area contributed by atoms with Gasteiger partial charge in [0.25, 0.3) is 0 Å². The summed E-state index contributed by atoms with van der Waals surface area (Å²) in [5.41, 5.74) is 7.47. The lowest BCUT2D eigenvalue weighted by Gasteiger charge is -2.20. The number of nitrogens with zero attached hydrogens (tertiary/aromatic N) is 1. The van der Waals surface area contributed by atoms with Gasteiger partial charge in [0, 0.05) is 23.0 Å². The summed E-state index contributed by atoms with van der Waals surface area (Å²) in [6.07, 6.45) is 10.5. The van der Waals surface area contributed by atoms with Crippen molar-refractivity contribution in [3.8, 4) is 11.3 Å². The summed E-state index contributed by atoms with van der Waals surface area (Å²) in [4.78, 5) is 0. The second kappa shape index (κ2) is 7.47. The van der Waals surface area contributed by atoms with Gasteiger partial charge in [-0.25, -0.2) is 0 Å². The van der Waals surface area contributed by atoms with Gasteiger partial charge >= 0.3 is 0 Å². The number of fused-ring (bicyclic) bond motifs is 5. The Morgan fingerprint density at radius 1 is 0.800 bits per heavy atom. The Hall–Kier alpha value is -2.02. The molecular weight excluding hydrogens is 302 g/mol. The predicted octanol–water partition coefficient (Wildman–Crippen LogP) is 6.77. The molecule has 0 radical (unpaired) electrons.